The molecule has 0 spiro atoms. The van der Waals surface area contributed by atoms with E-state index in [4.69, 9.17) is 0 Å². The van der Waals surface area contributed by atoms with Crippen molar-refractivity contribution >= 4 is 5.71 Å². The molecule has 0 heterocycles. The lowest BCUT2D eigenvalue weighted by Crippen LogP contribution is -2.12. The number of hydrogen-bond acceptors (Lipinski definition) is 2. The lowest BCUT2D eigenvalue weighted by Gasteiger charge is -2.02. The van der Waals surface area contributed by atoms with Crippen molar-refractivity contribution in [2.75, 3.05) is 7.05 Å². The SMILES string of the molecule is C=C/C=C(/NC)C(C)=NC=C. The molecule has 0 amide bonds. The first-order valence-electron chi connectivity index (χ1n) is 3.42. The van der Waals surface area contributed by atoms with Crippen LogP contribution in [0.4, 0.5) is 0 Å². The van der Waals surface area contributed by atoms with Gasteiger partial charge in [-0.05, 0) is 13.0 Å². The highest BCUT2D eigenvalue weighted by atomic mass is 14.9. The molecular weight excluding hydrogens is 136 g/mol. The van der Waals surface area contributed by atoms with Crippen LogP contribution < -0.4 is 5.32 Å². The first-order valence-corrected chi connectivity index (χ1v) is 3.42. The fraction of sp³-hybridized carbons (Fsp3) is 0.222. The van der Waals surface area contributed by atoms with Crippen LogP contribution in [0.2, 0.25) is 0 Å². The van der Waals surface area contributed by atoms with Crippen LogP contribution in [0, 0.1) is 0 Å². The minimum absolute atomic E-state index is 0.905. The summed E-state index contributed by atoms with van der Waals surface area (Å²) >= 11 is 0. The summed E-state index contributed by atoms with van der Waals surface area (Å²) in [5.41, 5.74) is 1.86. The van der Waals surface area contributed by atoms with Gasteiger partial charge in [0.05, 0.1) is 11.4 Å². The second kappa shape index (κ2) is 5.47. The molecule has 0 aliphatic rings. The number of nitrogens with one attached hydrogen (secondary N) is 1. The van der Waals surface area contributed by atoms with Gasteiger partial charge in [0.2, 0.25) is 0 Å². The van der Waals surface area contributed by atoms with Crippen molar-refractivity contribution in [3.63, 3.8) is 0 Å². The molecule has 0 radical (unpaired) electrons. The molecule has 1 N–H and O–H groups in total. The topological polar surface area (TPSA) is 24.4 Å². The molecule has 0 unspecified atom stereocenters. The van der Waals surface area contributed by atoms with Gasteiger partial charge >= 0.3 is 0 Å². The van der Waals surface area contributed by atoms with E-state index < -0.39 is 0 Å². The summed E-state index contributed by atoms with van der Waals surface area (Å²) in [6, 6.07) is 0. The number of rotatable bonds is 4. The third-order valence-electron chi connectivity index (χ3n) is 1.23. The zero-order valence-electron chi connectivity index (χ0n) is 7.09. The predicted molar refractivity (Wildman–Crippen MR) is 50.6 cm³/mol. The van der Waals surface area contributed by atoms with E-state index in [1.807, 2.05) is 20.0 Å². The van der Waals surface area contributed by atoms with Gasteiger partial charge in [-0.2, -0.15) is 0 Å². The average molecular weight is 150 g/mol. The van der Waals surface area contributed by atoms with E-state index in [1.54, 1.807) is 6.08 Å². The molecule has 0 aromatic heterocycles. The van der Waals surface area contributed by atoms with Gasteiger partial charge in [0.25, 0.3) is 0 Å². The van der Waals surface area contributed by atoms with Crippen molar-refractivity contribution in [2.24, 2.45) is 4.99 Å². The Labute approximate surface area is 68.0 Å². The van der Waals surface area contributed by atoms with Crippen molar-refractivity contribution in [1.29, 1.82) is 0 Å². The molecule has 0 rings (SSSR count). The molecule has 0 fully saturated rings. The molecule has 0 saturated heterocycles. The molecule has 2 nitrogen and oxygen atoms in total. The Hall–Kier alpha value is -1.31. The van der Waals surface area contributed by atoms with Gasteiger partial charge in [0, 0.05) is 13.2 Å². The van der Waals surface area contributed by atoms with E-state index in [1.165, 1.54) is 6.20 Å². The normalized spacial score (nSPS) is 12.5. The number of aliphatic imine (C=N–C) groups is 1. The third kappa shape index (κ3) is 3.40. The number of nitrogens with zero attached hydrogens (tertiary/aromatic N) is 1. The number of allylic oxidation sites excluding steroid dienone is 3. The molecule has 2 heteroatoms. The van der Waals surface area contributed by atoms with Gasteiger partial charge in [0.15, 0.2) is 0 Å². The van der Waals surface area contributed by atoms with Crippen molar-refractivity contribution in [3.05, 3.63) is 37.2 Å². The van der Waals surface area contributed by atoms with Crippen molar-refractivity contribution in [3.8, 4) is 0 Å². The van der Waals surface area contributed by atoms with Gasteiger partial charge < -0.3 is 5.32 Å². The van der Waals surface area contributed by atoms with Crippen molar-refractivity contribution in [2.45, 2.75) is 6.92 Å². The van der Waals surface area contributed by atoms with Crippen LogP contribution in [-0.4, -0.2) is 12.8 Å². The number of hydrogen-bond donors (Lipinski definition) is 1. The highest BCUT2D eigenvalue weighted by molar-refractivity contribution is 5.98. The molecule has 0 aliphatic carbocycles. The molecular formula is C9H14N2. The Morgan fingerprint density at radius 2 is 2.09 bits per heavy atom. The maximum absolute atomic E-state index is 4.02. The lowest BCUT2D eigenvalue weighted by molar-refractivity contribution is 1.05. The second-order valence-corrected chi connectivity index (χ2v) is 1.96. The van der Waals surface area contributed by atoms with E-state index in [2.05, 4.69) is 23.5 Å². The minimum Gasteiger partial charge on any atom is -0.387 e. The largest absolute Gasteiger partial charge is 0.387 e. The van der Waals surface area contributed by atoms with Gasteiger partial charge in [-0.25, -0.2) is 0 Å². The van der Waals surface area contributed by atoms with Crippen LogP contribution in [0.25, 0.3) is 0 Å². The van der Waals surface area contributed by atoms with Gasteiger partial charge in [-0.15, -0.1) is 0 Å². The highest BCUT2D eigenvalue weighted by Gasteiger charge is 1.93. The van der Waals surface area contributed by atoms with E-state index in [0.717, 1.165) is 11.4 Å². The van der Waals surface area contributed by atoms with Crippen molar-refractivity contribution < 1.29 is 0 Å². The molecule has 11 heavy (non-hydrogen) atoms. The van der Waals surface area contributed by atoms with E-state index in [0.29, 0.717) is 0 Å². The molecule has 0 atom stereocenters. The Morgan fingerprint density at radius 3 is 2.45 bits per heavy atom. The zero-order valence-corrected chi connectivity index (χ0v) is 7.09. The minimum atomic E-state index is 0.905. The molecule has 0 aliphatic heterocycles. The summed E-state index contributed by atoms with van der Waals surface area (Å²) in [5, 5.41) is 3.00. The molecule has 60 valence electrons. The average Bonchev–Trinajstić information content (AvgIpc) is 2.00. The molecule has 0 bridgehead atoms. The molecule has 0 aromatic rings. The van der Waals surface area contributed by atoms with Crippen LogP contribution in [0.3, 0.4) is 0 Å². The second-order valence-electron chi connectivity index (χ2n) is 1.96. The summed E-state index contributed by atoms with van der Waals surface area (Å²) < 4.78 is 0. The van der Waals surface area contributed by atoms with E-state index >= 15 is 0 Å². The Kier molecular flexibility index (Phi) is 4.82. The zero-order chi connectivity index (χ0) is 8.69. The standard InChI is InChI=1S/C9H14N2/c1-5-7-9(10-4)8(3)11-6-2/h5-7,10H,1-2H2,3-4H3/b9-7+,11-8?. The van der Waals surface area contributed by atoms with Gasteiger partial charge in [-0.1, -0.05) is 19.2 Å². The first-order chi connectivity index (χ1) is 5.26. The van der Waals surface area contributed by atoms with Crippen LogP contribution >= 0.6 is 0 Å². The smallest absolute Gasteiger partial charge is 0.0603 e. The maximum Gasteiger partial charge on any atom is 0.0603 e. The first kappa shape index (κ1) is 9.69. The highest BCUT2D eigenvalue weighted by Crippen LogP contribution is 1.93. The lowest BCUT2D eigenvalue weighted by atomic mass is 10.3. The van der Waals surface area contributed by atoms with Crippen LogP contribution in [0.15, 0.2) is 42.2 Å². The quantitative estimate of drug-likeness (QED) is 0.480. The fourth-order valence-electron chi connectivity index (χ4n) is 0.709. The summed E-state index contributed by atoms with van der Waals surface area (Å²) in [5.74, 6) is 0. The van der Waals surface area contributed by atoms with Crippen LogP contribution in [0.1, 0.15) is 6.92 Å². The molecule has 0 saturated carbocycles. The summed E-state index contributed by atoms with van der Waals surface area (Å²) in [6.07, 6.45) is 5.10. The van der Waals surface area contributed by atoms with Gasteiger partial charge in [0.1, 0.15) is 0 Å². The summed E-state index contributed by atoms with van der Waals surface area (Å²) in [4.78, 5) is 4.02. The Morgan fingerprint density at radius 1 is 1.45 bits per heavy atom. The van der Waals surface area contributed by atoms with E-state index in [-0.39, 0.29) is 0 Å². The predicted octanol–water partition coefficient (Wildman–Crippen LogP) is 1.88. The van der Waals surface area contributed by atoms with Crippen LogP contribution in [-0.2, 0) is 0 Å². The fourth-order valence-corrected chi connectivity index (χ4v) is 0.709. The summed E-state index contributed by atoms with van der Waals surface area (Å²) in [7, 11) is 1.84. The maximum atomic E-state index is 4.02. The van der Waals surface area contributed by atoms with Gasteiger partial charge in [-0.3, -0.25) is 4.99 Å². The van der Waals surface area contributed by atoms with Crippen molar-refractivity contribution in [1.82, 2.24) is 5.32 Å². The third-order valence-corrected chi connectivity index (χ3v) is 1.23. The monoisotopic (exact) mass is 150 g/mol. The Balaban J connectivity index is 4.49. The van der Waals surface area contributed by atoms with E-state index in [9.17, 15) is 0 Å². The van der Waals surface area contributed by atoms with Crippen LogP contribution in [0.5, 0.6) is 0 Å². The molecule has 0 aromatic carbocycles. The summed E-state index contributed by atoms with van der Waals surface area (Å²) in [6.45, 7) is 9.01. The Bertz CT molecular complexity index is 200.